The lowest BCUT2D eigenvalue weighted by Crippen LogP contribution is -2.38. The molecule has 1 amide bonds. The highest BCUT2D eigenvalue weighted by atomic mass is 19.1. The Morgan fingerprint density at radius 2 is 2.10 bits per heavy atom. The van der Waals surface area contributed by atoms with Gasteiger partial charge in [0.15, 0.2) is 0 Å². The third-order valence-corrected chi connectivity index (χ3v) is 3.55. The number of rotatable bonds is 5. The number of amides is 1. The average Bonchev–Trinajstić information content (AvgIpc) is 3.22. The van der Waals surface area contributed by atoms with Gasteiger partial charge >= 0.3 is 5.97 Å². The van der Waals surface area contributed by atoms with E-state index in [9.17, 15) is 14.0 Å². The molecule has 0 aromatic heterocycles. The summed E-state index contributed by atoms with van der Waals surface area (Å²) in [7, 11) is 0. The van der Waals surface area contributed by atoms with Crippen molar-refractivity contribution in [3.8, 4) is 0 Å². The Morgan fingerprint density at radius 1 is 1.45 bits per heavy atom. The minimum atomic E-state index is -0.918. The largest absolute Gasteiger partial charge is 0.481 e. The Bertz CT molecular complexity index is 540. The van der Waals surface area contributed by atoms with Crippen molar-refractivity contribution in [2.24, 2.45) is 5.92 Å². The summed E-state index contributed by atoms with van der Waals surface area (Å²) in [5.41, 5.74) is 0.825. The zero-order valence-electron chi connectivity index (χ0n) is 11.6. The van der Waals surface area contributed by atoms with Crippen LogP contribution in [0, 0.1) is 18.7 Å². The van der Waals surface area contributed by atoms with Crippen molar-refractivity contribution in [2.45, 2.75) is 32.7 Å². The van der Waals surface area contributed by atoms with Gasteiger partial charge in [0.25, 0.3) is 5.91 Å². The summed E-state index contributed by atoms with van der Waals surface area (Å²) >= 11 is 0. The van der Waals surface area contributed by atoms with Crippen LogP contribution >= 0.6 is 0 Å². The van der Waals surface area contributed by atoms with Gasteiger partial charge in [0.05, 0.1) is 5.92 Å². The summed E-state index contributed by atoms with van der Waals surface area (Å²) in [6.45, 7) is 3.38. The normalized spacial score (nSPS) is 15.8. The fourth-order valence-electron chi connectivity index (χ4n) is 2.10. The van der Waals surface area contributed by atoms with Gasteiger partial charge in [-0.2, -0.15) is 0 Å². The number of hydrogen-bond donors (Lipinski definition) is 1. The first-order chi connectivity index (χ1) is 9.40. The topological polar surface area (TPSA) is 57.6 Å². The minimum Gasteiger partial charge on any atom is -0.481 e. The summed E-state index contributed by atoms with van der Waals surface area (Å²) in [6, 6.07) is 4.35. The van der Waals surface area contributed by atoms with Crippen LogP contribution in [0.1, 0.15) is 35.7 Å². The SMILES string of the molecule is Cc1cc(C(=O)N(CC(C)C(=O)O)C2CC2)ccc1F. The number of carbonyl (C=O) groups excluding carboxylic acids is 1. The molecule has 0 spiro atoms. The molecule has 0 saturated heterocycles. The molecule has 1 N–H and O–H groups in total. The Hall–Kier alpha value is -1.91. The summed E-state index contributed by atoms with van der Waals surface area (Å²) in [5, 5.41) is 8.98. The molecule has 2 rings (SSSR count). The van der Waals surface area contributed by atoms with E-state index >= 15 is 0 Å². The number of carboxylic acids is 1. The molecule has 1 aromatic carbocycles. The molecule has 1 aromatic rings. The molecule has 20 heavy (non-hydrogen) atoms. The van der Waals surface area contributed by atoms with Crippen LogP contribution in [0.2, 0.25) is 0 Å². The van der Waals surface area contributed by atoms with Crippen molar-refractivity contribution in [1.29, 1.82) is 0 Å². The molecular weight excluding hydrogens is 261 g/mol. The van der Waals surface area contributed by atoms with E-state index in [0.29, 0.717) is 11.1 Å². The third-order valence-electron chi connectivity index (χ3n) is 3.55. The number of carbonyl (C=O) groups is 2. The predicted molar refractivity (Wildman–Crippen MR) is 72.0 cm³/mol. The van der Waals surface area contributed by atoms with Crippen LogP contribution in [0.15, 0.2) is 18.2 Å². The molecule has 0 aliphatic heterocycles. The molecule has 1 aliphatic carbocycles. The van der Waals surface area contributed by atoms with Gasteiger partial charge in [0.1, 0.15) is 5.82 Å². The number of halogens is 1. The van der Waals surface area contributed by atoms with Crippen molar-refractivity contribution in [1.82, 2.24) is 4.90 Å². The summed E-state index contributed by atoms with van der Waals surface area (Å²) in [6.07, 6.45) is 1.80. The van der Waals surface area contributed by atoms with Crippen LogP contribution in [-0.4, -0.2) is 34.5 Å². The van der Waals surface area contributed by atoms with Gasteiger partial charge in [-0.15, -0.1) is 0 Å². The van der Waals surface area contributed by atoms with E-state index in [0.717, 1.165) is 12.8 Å². The fourth-order valence-corrected chi connectivity index (χ4v) is 2.10. The molecule has 1 aliphatic rings. The van der Waals surface area contributed by atoms with Crippen molar-refractivity contribution >= 4 is 11.9 Å². The van der Waals surface area contributed by atoms with E-state index in [1.807, 2.05) is 0 Å². The lowest BCUT2D eigenvalue weighted by atomic mass is 10.1. The van der Waals surface area contributed by atoms with Crippen LogP contribution in [0.3, 0.4) is 0 Å². The number of nitrogens with zero attached hydrogens (tertiary/aromatic N) is 1. The average molecular weight is 279 g/mol. The minimum absolute atomic E-state index is 0.120. The van der Waals surface area contributed by atoms with Crippen LogP contribution in [-0.2, 0) is 4.79 Å². The van der Waals surface area contributed by atoms with E-state index in [1.54, 1.807) is 18.7 Å². The predicted octanol–water partition coefficient (Wildman–Crippen LogP) is 2.46. The molecule has 0 bridgehead atoms. The highest BCUT2D eigenvalue weighted by Crippen LogP contribution is 2.29. The van der Waals surface area contributed by atoms with Crippen LogP contribution in [0.25, 0.3) is 0 Å². The Balaban J connectivity index is 2.18. The zero-order valence-corrected chi connectivity index (χ0v) is 11.6. The molecule has 1 unspecified atom stereocenters. The quantitative estimate of drug-likeness (QED) is 0.900. The molecule has 1 fully saturated rings. The Kier molecular flexibility index (Phi) is 4.06. The van der Waals surface area contributed by atoms with Gasteiger partial charge < -0.3 is 10.0 Å². The van der Waals surface area contributed by atoms with Gasteiger partial charge in [-0.3, -0.25) is 9.59 Å². The van der Waals surface area contributed by atoms with E-state index in [2.05, 4.69) is 0 Å². The number of aliphatic carboxylic acids is 1. The van der Waals surface area contributed by atoms with Gasteiger partial charge in [-0.1, -0.05) is 6.92 Å². The molecule has 1 saturated carbocycles. The monoisotopic (exact) mass is 279 g/mol. The first-order valence-electron chi connectivity index (χ1n) is 6.70. The standard InChI is InChI=1S/C15H18FNO3/c1-9-7-11(3-6-13(9)16)14(18)17(12-4-5-12)8-10(2)15(19)20/h3,6-7,10,12H,4-5,8H2,1-2H3,(H,19,20). The summed E-state index contributed by atoms with van der Waals surface area (Å²) in [4.78, 5) is 25.0. The molecule has 108 valence electrons. The van der Waals surface area contributed by atoms with Gasteiger partial charge in [-0.05, 0) is 43.5 Å². The molecule has 1 atom stereocenters. The summed E-state index contributed by atoms with van der Waals surface area (Å²) < 4.78 is 13.2. The first kappa shape index (κ1) is 14.5. The van der Waals surface area contributed by atoms with E-state index < -0.39 is 11.9 Å². The lowest BCUT2D eigenvalue weighted by Gasteiger charge is -2.24. The maximum Gasteiger partial charge on any atom is 0.308 e. The van der Waals surface area contributed by atoms with Crippen molar-refractivity contribution in [3.05, 3.63) is 35.1 Å². The van der Waals surface area contributed by atoms with Crippen molar-refractivity contribution in [2.75, 3.05) is 6.54 Å². The van der Waals surface area contributed by atoms with Crippen LogP contribution in [0.4, 0.5) is 4.39 Å². The first-order valence-corrected chi connectivity index (χ1v) is 6.70. The third kappa shape index (κ3) is 3.15. The maximum atomic E-state index is 13.2. The second-order valence-corrected chi connectivity index (χ2v) is 5.39. The molecule has 0 heterocycles. The van der Waals surface area contributed by atoms with E-state index in [4.69, 9.17) is 5.11 Å². The van der Waals surface area contributed by atoms with Gasteiger partial charge in [-0.25, -0.2) is 4.39 Å². The smallest absolute Gasteiger partial charge is 0.308 e. The second kappa shape index (κ2) is 5.61. The van der Waals surface area contributed by atoms with E-state index in [-0.39, 0.29) is 24.3 Å². The zero-order chi connectivity index (χ0) is 14.9. The highest BCUT2D eigenvalue weighted by molar-refractivity contribution is 5.95. The van der Waals surface area contributed by atoms with E-state index in [1.165, 1.54) is 18.2 Å². The fraction of sp³-hybridized carbons (Fsp3) is 0.467. The highest BCUT2D eigenvalue weighted by Gasteiger charge is 2.35. The Morgan fingerprint density at radius 3 is 2.60 bits per heavy atom. The van der Waals surface area contributed by atoms with Crippen LogP contribution in [0.5, 0.6) is 0 Å². The van der Waals surface area contributed by atoms with Crippen molar-refractivity contribution < 1.29 is 19.1 Å². The lowest BCUT2D eigenvalue weighted by molar-refractivity contribution is -0.141. The van der Waals surface area contributed by atoms with Crippen molar-refractivity contribution in [3.63, 3.8) is 0 Å². The van der Waals surface area contributed by atoms with Gasteiger partial charge in [0.2, 0.25) is 0 Å². The number of benzene rings is 1. The molecular formula is C15H18FNO3. The number of hydrogen-bond acceptors (Lipinski definition) is 2. The van der Waals surface area contributed by atoms with Crippen LogP contribution < -0.4 is 0 Å². The molecule has 4 nitrogen and oxygen atoms in total. The molecule has 0 radical (unpaired) electrons. The Labute approximate surface area is 117 Å². The second-order valence-electron chi connectivity index (χ2n) is 5.39. The summed E-state index contributed by atoms with van der Waals surface area (Å²) in [5.74, 6) is -2.10. The number of carboxylic acid groups (broad SMARTS) is 1. The van der Waals surface area contributed by atoms with Gasteiger partial charge in [0, 0.05) is 18.2 Å². The maximum absolute atomic E-state index is 13.2. The molecule has 5 heteroatoms. The number of aryl methyl sites for hydroxylation is 1.